The standard InChI is InChI=1S/C33H36N6O6S2/c1-39-27(33(45)34-13-7-6-12-24-28(40)14-20-8-2-4-10-22(20)36-24)19-47-46-18-26(32(44)35-17-31(39)43)38-30(42)16-25-29(41)15-21-9-3-5-11-23(21)37-25/h2-5,8-11,14-15,26-27,40-41H,6-7,12-13,16-19H2,1H3,(H,34,45)(H,35,44)(H,38,42)/t26-,27+/m1/s1. The van der Waals surface area contributed by atoms with E-state index in [0.717, 1.165) is 16.3 Å². The summed E-state index contributed by atoms with van der Waals surface area (Å²) >= 11 is 0. The van der Waals surface area contributed by atoms with E-state index in [1.54, 1.807) is 24.3 Å². The number of likely N-dealkylation sites (N-methyl/N-ethyl adjacent to an activating group) is 1. The van der Waals surface area contributed by atoms with Gasteiger partial charge in [-0.3, -0.25) is 19.2 Å². The molecular weight excluding hydrogens is 641 g/mol. The van der Waals surface area contributed by atoms with E-state index >= 15 is 0 Å². The van der Waals surface area contributed by atoms with Crippen LogP contribution >= 0.6 is 21.6 Å². The number of amides is 4. The molecule has 1 saturated heterocycles. The number of para-hydroxylation sites is 2. The first-order valence-corrected chi connectivity index (χ1v) is 17.7. The van der Waals surface area contributed by atoms with E-state index in [1.807, 2.05) is 36.4 Å². The molecule has 14 heteroatoms. The lowest BCUT2D eigenvalue weighted by Gasteiger charge is -2.26. The van der Waals surface area contributed by atoms with Crippen LogP contribution in [0.4, 0.5) is 0 Å². The largest absolute Gasteiger partial charge is 0.506 e. The SMILES string of the molecule is CN1C(=O)CNC(=O)[C@H](NC(=O)Cc2nc3ccccc3cc2O)CSSC[C@H]1C(=O)NCCCCc1nc2ccccc2cc1O. The molecule has 246 valence electrons. The number of aromatic nitrogens is 2. The first-order valence-electron chi connectivity index (χ1n) is 15.2. The topological polar surface area (TPSA) is 174 Å². The van der Waals surface area contributed by atoms with Gasteiger partial charge in [-0.15, -0.1) is 0 Å². The molecule has 0 radical (unpaired) electrons. The molecule has 1 fully saturated rings. The summed E-state index contributed by atoms with van der Waals surface area (Å²) in [5, 5.41) is 30.5. The van der Waals surface area contributed by atoms with Crippen LogP contribution in [0.15, 0.2) is 60.7 Å². The van der Waals surface area contributed by atoms with E-state index < -0.39 is 29.8 Å². The van der Waals surface area contributed by atoms with Crippen LogP contribution < -0.4 is 16.0 Å². The van der Waals surface area contributed by atoms with Gasteiger partial charge in [-0.05, 0) is 43.5 Å². The number of aryl methyl sites for hydroxylation is 1. The van der Waals surface area contributed by atoms with Crippen molar-refractivity contribution in [2.45, 2.75) is 37.8 Å². The molecule has 5 rings (SSSR count). The summed E-state index contributed by atoms with van der Waals surface area (Å²) in [5.41, 5.74) is 2.24. The minimum atomic E-state index is -0.942. The number of hydrogen-bond donors (Lipinski definition) is 5. The van der Waals surface area contributed by atoms with Crippen LogP contribution in [-0.4, -0.2) is 92.4 Å². The molecule has 5 N–H and O–H groups in total. The maximum absolute atomic E-state index is 13.1. The summed E-state index contributed by atoms with van der Waals surface area (Å²) < 4.78 is 0. The van der Waals surface area contributed by atoms with Crippen molar-refractivity contribution < 1.29 is 29.4 Å². The van der Waals surface area contributed by atoms with Crippen LogP contribution in [0.2, 0.25) is 0 Å². The van der Waals surface area contributed by atoms with Gasteiger partial charge in [0.1, 0.15) is 23.6 Å². The van der Waals surface area contributed by atoms with E-state index in [4.69, 9.17) is 0 Å². The highest BCUT2D eigenvalue weighted by molar-refractivity contribution is 8.76. The zero-order valence-electron chi connectivity index (χ0n) is 25.8. The molecule has 2 atom stereocenters. The number of unbranched alkanes of at least 4 members (excludes halogenated alkanes) is 1. The maximum Gasteiger partial charge on any atom is 0.243 e. The third kappa shape index (κ3) is 8.83. The van der Waals surface area contributed by atoms with Gasteiger partial charge < -0.3 is 31.1 Å². The summed E-state index contributed by atoms with van der Waals surface area (Å²) in [6.07, 6.45) is 1.66. The Morgan fingerprint density at radius 2 is 1.53 bits per heavy atom. The molecule has 12 nitrogen and oxygen atoms in total. The van der Waals surface area contributed by atoms with Crippen LogP contribution in [-0.2, 0) is 32.0 Å². The third-order valence-electron chi connectivity index (χ3n) is 7.80. The molecule has 2 aromatic carbocycles. The number of nitrogens with zero attached hydrogens (tertiary/aromatic N) is 3. The quantitative estimate of drug-likeness (QED) is 0.131. The monoisotopic (exact) mass is 676 g/mol. The van der Waals surface area contributed by atoms with E-state index in [-0.39, 0.29) is 47.6 Å². The van der Waals surface area contributed by atoms with E-state index in [0.29, 0.717) is 37.0 Å². The lowest BCUT2D eigenvalue weighted by molar-refractivity contribution is -0.138. The fourth-order valence-electron chi connectivity index (χ4n) is 5.11. The number of rotatable bonds is 9. The number of fused-ring (bicyclic) bond motifs is 2. The highest BCUT2D eigenvalue weighted by atomic mass is 33.1. The van der Waals surface area contributed by atoms with Crippen molar-refractivity contribution in [3.8, 4) is 11.5 Å². The zero-order valence-corrected chi connectivity index (χ0v) is 27.4. The minimum Gasteiger partial charge on any atom is -0.506 e. The Hall–Kier alpha value is -4.56. The molecule has 4 aromatic rings. The molecule has 2 aromatic heterocycles. The lowest BCUT2D eigenvalue weighted by Crippen LogP contribution is -2.53. The lowest BCUT2D eigenvalue weighted by atomic mass is 10.1. The van der Waals surface area contributed by atoms with Gasteiger partial charge in [-0.2, -0.15) is 0 Å². The normalized spacial score (nSPS) is 17.6. The molecule has 0 unspecified atom stereocenters. The van der Waals surface area contributed by atoms with E-state index in [1.165, 1.54) is 33.5 Å². The second kappa shape index (κ2) is 15.8. The van der Waals surface area contributed by atoms with E-state index in [9.17, 15) is 29.4 Å². The zero-order chi connectivity index (χ0) is 33.3. The van der Waals surface area contributed by atoms with Crippen molar-refractivity contribution in [3.05, 3.63) is 72.1 Å². The predicted octanol–water partition coefficient (Wildman–Crippen LogP) is 2.70. The van der Waals surface area contributed by atoms with Crippen LogP contribution in [0.25, 0.3) is 21.8 Å². The van der Waals surface area contributed by atoms with E-state index in [2.05, 4.69) is 25.9 Å². The van der Waals surface area contributed by atoms with Crippen LogP contribution in [0.5, 0.6) is 11.5 Å². The Labute approximate surface area is 279 Å². The van der Waals surface area contributed by atoms with Gasteiger partial charge >= 0.3 is 0 Å². The summed E-state index contributed by atoms with van der Waals surface area (Å²) in [6.45, 7) is 0.0477. The summed E-state index contributed by atoms with van der Waals surface area (Å²) in [4.78, 5) is 62.2. The Morgan fingerprint density at radius 3 is 2.23 bits per heavy atom. The van der Waals surface area contributed by atoms with Gasteiger partial charge in [-0.1, -0.05) is 58.0 Å². The summed E-state index contributed by atoms with van der Waals surface area (Å²) in [6, 6.07) is 16.3. The van der Waals surface area contributed by atoms with Gasteiger partial charge in [0.2, 0.25) is 23.6 Å². The van der Waals surface area contributed by atoms with Crippen molar-refractivity contribution in [2.24, 2.45) is 0 Å². The Morgan fingerprint density at radius 1 is 0.915 bits per heavy atom. The van der Waals surface area contributed by atoms with Crippen LogP contribution in [0, 0.1) is 0 Å². The smallest absolute Gasteiger partial charge is 0.243 e. The molecule has 47 heavy (non-hydrogen) atoms. The van der Waals surface area contributed by atoms with Gasteiger partial charge in [-0.25, -0.2) is 9.97 Å². The minimum absolute atomic E-state index is 0.116. The highest BCUT2D eigenvalue weighted by Gasteiger charge is 2.30. The molecule has 1 aliphatic heterocycles. The fraction of sp³-hybridized carbons (Fsp3) is 0.333. The van der Waals surface area contributed by atoms with Crippen molar-refractivity contribution in [1.29, 1.82) is 0 Å². The van der Waals surface area contributed by atoms with Gasteiger partial charge in [0.15, 0.2) is 0 Å². The number of nitrogens with one attached hydrogen (secondary N) is 3. The summed E-state index contributed by atoms with van der Waals surface area (Å²) in [7, 11) is 4.17. The van der Waals surface area contributed by atoms with Crippen molar-refractivity contribution in [2.75, 3.05) is 31.6 Å². The molecule has 1 aliphatic rings. The Bertz CT molecular complexity index is 1790. The third-order valence-corrected chi connectivity index (χ3v) is 10.2. The Balaban J connectivity index is 1.11. The second-order valence-electron chi connectivity index (χ2n) is 11.1. The highest BCUT2D eigenvalue weighted by Crippen LogP contribution is 2.26. The molecular formula is C33H36N6O6S2. The van der Waals surface area contributed by atoms with Crippen LogP contribution in [0.3, 0.4) is 0 Å². The molecule has 4 amide bonds. The number of pyridine rings is 2. The predicted molar refractivity (Wildman–Crippen MR) is 183 cm³/mol. The molecule has 0 bridgehead atoms. The fourth-order valence-corrected chi connectivity index (χ4v) is 7.55. The number of benzene rings is 2. The summed E-state index contributed by atoms with van der Waals surface area (Å²) in [5.74, 6) is -1.28. The Kier molecular flexibility index (Phi) is 11.4. The first kappa shape index (κ1) is 33.8. The van der Waals surface area contributed by atoms with Gasteiger partial charge in [0.25, 0.3) is 0 Å². The molecule has 0 aliphatic carbocycles. The average molecular weight is 677 g/mol. The number of carbonyl (C=O) groups excluding carboxylic acids is 4. The molecule has 3 heterocycles. The molecule has 0 saturated carbocycles. The maximum atomic E-state index is 13.1. The van der Waals surface area contributed by atoms with Gasteiger partial charge in [0.05, 0.1) is 35.4 Å². The first-order chi connectivity index (χ1) is 22.7. The van der Waals surface area contributed by atoms with Crippen LogP contribution in [0.1, 0.15) is 24.2 Å². The van der Waals surface area contributed by atoms with Gasteiger partial charge in [0, 0.05) is 35.9 Å². The number of hydrogen-bond acceptors (Lipinski definition) is 10. The van der Waals surface area contributed by atoms with Crippen molar-refractivity contribution in [3.63, 3.8) is 0 Å². The second-order valence-corrected chi connectivity index (χ2v) is 13.7. The van der Waals surface area contributed by atoms with Crippen molar-refractivity contribution >= 4 is 67.0 Å². The molecule has 0 spiro atoms. The average Bonchev–Trinajstić information content (AvgIpc) is 3.08. The van der Waals surface area contributed by atoms with Crippen molar-refractivity contribution in [1.82, 2.24) is 30.8 Å². The number of carbonyl (C=O) groups is 4. The number of aromatic hydroxyl groups is 2.